The van der Waals surface area contributed by atoms with E-state index in [1.54, 1.807) is 30.5 Å². The minimum atomic E-state index is -0.154. The van der Waals surface area contributed by atoms with Crippen molar-refractivity contribution < 1.29 is 14.2 Å². The summed E-state index contributed by atoms with van der Waals surface area (Å²) in [6.45, 7) is 1.95. The second-order valence-electron chi connectivity index (χ2n) is 7.01. The Balaban J connectivity index is 1.97. The van der Waals surface area contributed by atoms with Crippen molar-refractivity contribution in [3.05, 3.63) is 89.0 Å². The molecule has 3 aromatic carbocycles. The van der Waals surface area contributed by atoms with Gasteiger partial charge in [0.15, 0.2) is 0 Å². The predicted molar refractivity (Wildman–Crippen MR) is 121 cm³/mol. The van der Waals surface area contributed by atoms with Crippen molar-refractivity contribution in [2.45, 2.75) is 6.92 Å². The molecule has 158 valence electrons. The van der Waals surface area contributed by atoms with Crippen molar-refractivity contribution in [2.75, 3.05) is 21.3 Å². The van der Waals surface area contributed by atoms with Gasteiger partial charge in [-0.25, -0.2) is 4.79 Å². The van der Waals surface area contributed by atoms with Crippen LogP contribution in [0.25, 0.3) is 22.6 Å². The summed E-state index contributed by atoms with van der Waals surface area (Å²) in [5.74, 6) is 2.22. The van der Waals surface area contributed by atoms with Crippen LogP contribution in [-0.4, -0.2) is 30.5 Å². The Morgan fingerprint density at radius 1 is 0.581 bits per heavy atom. The third-order valence-electron chi connectivity index (χ3n) is 5.31. The lowest BCUT2D eigenvalue weighted by molar-refractivity contribution is 0.414. The van der Waals surface area contributed by atoms with Crippen molar-refractivity contribution in [1.82, 2.24) is 9.13 Å². The van der Waals surface area contributed by atoms with E-state index in [0.29, 0.717) is 0 Å². The van der Waals surface area contributed by atoms with Crippen LogP contribution in [0.2, 0.25) is 0 Å². The standard InChI is InChI=1S/C25H24N2O4/c1-17-24(18-5-11-21(29-2)12-6-18)27(20-9-15-23(31-4)16-10-20)25(28)26(17)19-7-13-22(30-3)14-8-19/h5-16H,1-4H3. The van der Waals surface area contributed by atoms with Gasteiger partial charge in [-0.15, -0.1) is 0 Å². The van der Waals surface area contributed by atoms with Crippen LogP contribution in [0, 0.1) is 6.92 Å². The second-order valence-corrected chi connectivity index (χ2v) is 7.01. The Bertz CT molecular complexity index is 1240. The predicted octanol–water partition coefficient (Wildman–Crippen LogP) is 4.63. The molecule has 0 aliphatic heterocycles. The van der Waals surface area contributed by atoms with Crippen molar-refractivity contribution in [3.8, 4) is 39.9 Å². The van der Waals surface area contributed by atoms with Gasteiger partial charge in [0.2, 0.25) is 0 Å². The zero-order chi connectivity index (χ0) is 22.0. The van der Waals surface area contributed by atoms with E-state index in [1.807, 2.05) is 79.7 Å². The molecule has 0 amide bonds. The molecule has 31 heavy (non-hydrogen) atoms. The molecule has 6 nitrogen and oxygen atoms in total. The molecule has 6 heteroatoms. The largest absolute Gasteiger partial charge is 0.497 e. The summed E-state index contributed by atoms with van der Waals surface area (Å²) < 4.78 is 19.3. The van der Waals surface area contributed by atoms with Gasteiger partial charge >= 0.3 is 5.69 Å². The number of aromatic nitrogens is 2. The van der Waals surface area contributed by atoms with Crippen LogP contribution in [0.4, 0.5) is 0 Å². The van der Waals surface area contributed by atoms with Gasteiger partial charge in [0.25, 0.3) is 0 Å². The highest BCUT2D eigenvalue weighted by Crippen LogP contribution is 2.29. The van der Waals surface area contributed by atoms with Crippen LogP contribution in [0.5, 0.6) is 17.2 Å². The summed E-state index contributed by atoms with van der Waals surface area (Å²) in [7, 11) is 4.87. The number of hydrogen-bond acceptors (Lipinski definition) is 4. The Morgan fingerprint density at radius 3 is 1.39 bits per heavy atom. The molecule has 0 N–H and O–H groups in total. The van der Waals surface area contributed by atoms with E-state index >= 15 is 0 Å². The van der Waals surface area contributed by atoms with Crippen molar-refractivity contribution in [2.24, 2.45) is 0 Å². The number of hydrogen-bond donors (Lipinski definition) is 0. The van der Waals surface area contributed by atoms with E-state index in [0.717, 1.165) is 45.6 Å². The van der Waals surface area contributed by atoms with Crippen molar-refractivity contribution in [1.29, 1.82) is 0 Å². The minimum absolute atomic E-state index is 0.154. The van der Waals surface area contributed by atoms with Crippen LogP contribution in [0.1, 0.15) is 5.69 Å². The van der Waals surface area contributed by atoms with Gasteiger partial charge in [0, 0.05) is 11.3 Å². The maximum absolute atomic E-state index is 13.7. The fourth-order valence-electron chi connectivity index (χ4n) is 3.70. The number of imidazole rings is 1. The molecule has 1 heterocycles. The smallest absolute Gasteiger partial charge is 0.338 e. The minimum Gasteiger partial charge on any atom is -0.497 e. The van der Waals surface area contributed by atoms with Gasteiger partial charge < -0.3 is 14.2 Å². The Hall–Kier alpha value is -3.93. The fraction of sp³-hybridized carbons (Fsp3) is 0.160. The first-order valence-electron chi connectivity index (χ1n) is 9.85. The summed E-state index contributed by atoms with van der Waals surface area (Å²) in [6.07, 6.45) is 0. The average Bonchev–Trinajstić information content (AvgIpc) is 3.09. The van der Waals surface area contributed by atoms with Gasteiger partial charge in [-0.05, 0) is 79.7 Å². The molecule has 4 aromatic rings. The summed E-state index contributed by atoms with van der Waals surface area (Å²) in [4.78, 5) is 13.7. The quantitative estimate of drug-likeness (QED) is 0.460. The Kier molecular flexibility index (Phi) is 5.54. The normalized spacial score (nSPS) is 10.7. The lowest BCUT2D eigenvalue weighted by atomic mass is 10.1. The van der Waals surface area contributed by atoms with Gasteiger partial charge in [0.1, 0.15) is 17.2 Å². The monoisotopic (exact) mass is 416 g/mol. The zero-order valence-electron chi connectivity index (χ0n) is 18.0. The molecule has 0 aliphatic rings. The highest BCUT2D eigenvalue weighted by atomic mass is 16.5. The molecule has 1 aromatic heterocycles. The number of benzene rings is 3. The molecule has 0 unspecified atom stereocenters. The molecule has 0 saturated carbocycles. The van der Waals surface area contributed by atoms with E-state index in [1.165, 1.54) is 0 Å². The zero-order valence-corrected chi connectivity index (χ0v) is 18.0. The first-order chi connectivity index (χ1) is 15.1. The highest BCUT2D eigenvalue weighted by Gasteiger charge is 2.21. The lowest BCUT2D eigenvalue weighted by Crippen LogP contribution is -2.22. The number of methoxy groups -OCH3 is 3. The highest BCUT2D eigenvalue weighted by molar-refractivity contribution is 5.67. The van der Waals surface area contributed by atoms with Gasteiger partial charge in [-0.2, -0.15) is 0 Å². The molecule has 0 saturated heterocycles. The summed E-state index contributed by atoms with van der Waals surface area (Å²) in [5, 5.41) is 0. The Morgan fingerprint density at radius 2 is 0.968 bits per heavy atom. The van der Waals surface area contributed by atoms with Crippen molar-refractivity contribution in [3.63, 3.8) is 0 Å². The fourth-order valence-corrected chi connectivity index (χ4v) is 3.70. The number of rotatable bonds is 6. The third kappa shape index (κ3) is 3.68. The van der Waals surface area contributed by atoms with Crippen molar-refractivity contribution >= 4 is 0 Å². The van der Waals surface area contributed by atoms with Crippen LogP contribution in [0.3, 0.4) is 0 Å². The average molecular weight is 416 g/mol. The van der Waals surface area contributed by atoms with E-state index < -0.39 is 0 Å². The SMILES string of the molecule is COc1ccc(-c2c(C)n(-c3ccc(OC)cc3)c(=O)n2-c2ccc(OC)cc2)cc1. The van der Waals surface area contributed by atoms with E-state index in [4.69, 9.17) is 14.2 Å². The molecule has 4 rings (SSSR count). The van der Waals surface area contributed by atoms with Crippen LogP contribution in [0.15, 0.2) is 77.6 Å². The first-order valence-corrected chi connectivity index (χ1v) is 9.85. The summed E-state index contributed by atoms with van der Waals surface area (Å²) in [5.41, 5.74) is 3.93. The maximum Gasteiger partial charge on any atom is 0.338 e. The van der Waals surface area contributed by atoms with Crippen LogP contribution >= 0.6 is 0 Å². The topological polar surface area (TPSA) is 54.6 Å². The van der Waals surface area contributed by atoms with Gasteiger partial charge in [-0.3, -0.25) is 9.13 Å². The molecular formula is C25H24N2O4. The number of nitrogens with zero attached hydrogens (tertiary/aromatic N) is 2. The first kappa shape index (κ1) is 20.3. The maximum atomic E-state index is 13.7. The van der Waals surface area contributed by atoms with E-state index in [9.17, 15) is 4.79 Å². The molecule has 0 fully saturated rings. The molecule has 0 radical (unpaired) electrons. The molecule has 0 aliphatic carbocycles. The van der Waals surface area contributed by atoms with Crippen LogP contribution < -0.4 is 19.9 Å². The lowest BCUT2D eigenvalue weighted by Gasteiger charge is -2.10. The molecule has 0 bridgehead atoms. The van der Waals surface area contributed by atoms with E-state index in [-0.39, 0.29) is 5.69 Å². The van der Waals surface area contributed by atoms with Crippen LogP contribution in [-0.2, 0) is 0 Å². The summed E-state index contributed by atoms with van der Waals surface area (Å²) in [6, 6.07) is 22.6. The molecule has 0 spiro atoms. The Labute approximate surface area is 180 Å². The van der Waals surface area contributed by atoms with Gasteiger partial charge in [0.05, 0.1) is 38.4 Å². The van der Waals surface area contributed by atoms with E-state index in [2.05, 4.69) is 0 Å². The molecule has 0 atom stereocenters. The summed E-state index contributed by atoms with van der Waals surface area (Å²) >= 11 is 0. The number of ether oxygens (including phenoxy) is 3. The third-order valence-corrected chi connectivity index (χ3v) is 5.31. The second kappa shape index (κ2) is 8.44. The molecular weight excluding hydrogens is 392 g/mol. The van der Waals surface area contributed by atoms with Gasteiger partial charge in [-0.1, -0.05) is 0 Å².